The van der Waals surface area contributed by atoms with Gasteiger partial charge in [-0.1, -0.05) is 42.5 Å². The van der Waals surface area contributed by atoms with Crippen molar-refractivity contribution in [1.29, 1.82) is 0 Å². The third kappa shape index (κ3) is 8.95. The van der Waals surface area contributed by atoms with Gasteiger partial charge in [-0.05, 0) is 67.6 Å². The number of nitrogens with zero attached hydrogens (tertiary/aromatic N) is 1. The van der Waals surface area contributed by atoms with Gasteiger partial charge in [0.25, 0.3) is 0 Å². The number of amides is 5. The summed E-state index contributed by atoms with van der Waals surface area (Å²) >= 11 is 0. The van der Waals surface area contributed by atoms with Gasteiger partial charge in [-0.25, -0.2) is 8.42 Å². The summed E-state index contributed by atoms with van der Waals surface area (Å²) in [4.78, 5) is 67.7. The number of hydrogen-bond donors (Lipinski definition) is 5. The van der Waals surface area contributed by atoms with E-state index in [0.29, 0.717) is 29.9 Å². The quantitative estimate of drug-likeness (QED) is 0.233. The van der Waals surface area contributed by atoms with Crippen LogP contribution < -0.4 is 40.4 Å². The Bertz CT molecular complexity index is 1990. The molecule has 280 valence electrons. The highest BCUT2D eigenvalue weighted by Gasteiger charge is 2.51. The maximum Gasteiger partial charge on any atom is 0.245 e. The number of benzene rings is 3. The Kier molecular flexibility index (Phi) is 11.0. The topological polar surface area (TPSA) is 201 Å². The molecule has 3 aliphatic heterocycles. The summed E-state index contributed by atoms with van der Waals surface area (Å²) in [5.41, 5.74) is 0.510. The first kappa shape index (κ1) is 37.3. The lowest BCUT2D eigenvalue weighted by Gasteiger charge is -2.29. The fourth-order valence-electron chi connectivity index (χ4n) is 6.19. The predicted octanol–water partition coefficient (Wildman–Crippen LogP) is 0.711. The lowest BCUT2D eigenvalue weighted by Crippen LogP contribution is -2.59. The van der Waals surface area contributed by atoms with Crippen LogP contribution in [0.4, 0.5) is 5.69 Å². The Morgan fingerprint density at radius 1 is 0.906 bits per heavy atom. The minimum Gasteiger partial charge on any atom is -0.492 e. The van der Waals surface area contributed by atoms with Crippen LogP contribution in [0.15, 0.2) is 77.7 Å². The zero-order valence-electron chi connectivity index (χ0n) is 29.3. The van der Waals surface area contributed by atoms with E-state index in [-0.39, 0.29) is 61.5 Å². The number of ether oxygens (including phenoxy) is 2. The van der Waals surface area contributed by atoms with Crippen molar-refractivity contribution in [3.05, 3.63) is 83.9 Å². The standard InChI is InChI=1S/C37H42N6O9S/c1-23-33(45)40-29(20-25-6-4-3-5-7-25)35(47)41-37(14-15-37)36(48)38-16-18-51-27-10-8-26(9-11-27)21-30(34(46)39-23)42-53(49,50)28-12-13-32-31(22-28)43(24(2)44)17-19-52-32/h3-13,22-23,29-30,42H,14-21H2,1-2H3,(H,38,48)(H,39,46)(H,40,45)(H,41,47)/t23-,29+,30-/m0/s1. The molecule has 1 saturated carbocycles. The van der Waals surface area contributed by atoms with Crippen LogP contribution in [0.5, 0.6) is 11.5 Å². The Balaban J connectivity index is 1.27. The van der Waals surface area contributed by atoms with Gasteiger partial charge in [-0.3, -0.25) is 24.0 Å². The molecule has 0 unspecified atom stereocenters. The normalized spacial score (nSPS) is 22.2. The van der Waals surface area contributed by atoms with E-state index in [0.717, 1.165) is 5.56 Å². The number of fused-ring (bicyclic) bond motifs is 16. The largest absolute Gasteiger partial charge is 0.492 e. The predicted molar refractivity (Wildman–Crippen MR) is 193 cm³/mol. The van der Waals surface area contributed by atoms with Gasteiger partial charge in [0.15, 0.2) is 0 Å². The first-order chi connectivity index (χ1) is 25.3. The Morgan fingerprint density at radius 2 is 1.64 bits per heavy atom. The van der Waals surface area contributed by atoms with E-state index in [1.807, 2.05) is 6.07 Å². The molecule has 0 aromatic heterocycles. The van der Waals surface area contributed by atoms with Crippen LogP contribution in [-0.2, 0) is 46.8 Å². The third-order valence-electron chi connectivity index (χ3n) is 9.33. The Morgan fingerprint density at radius 3 is 2.34 bits per heavy atom. The van der Waals surface area contributed by atoms with Crippen molar-refractivity contribution in [1.82, 2.24) is 26.0 Å². The van der Waals surface area contributed by atoms with E-state index in [2.05, 4.69) is 26.0 Å². The maximum absolute atomic E-state index is 13.9. The van der Waals surface area contributed by atoms with Crippen LogP contribution in [0.3, 0.4) is 0 Å². The van der Waals surface area contributed by atoms with Gasteiger partial charge in [-0.2, -0.15) is 4.72 Å². The molecule has 3 atom stereocenters. The molecular weight excluding hydrogens is 705 g/mol. The number of carbonyl (C=O) groups excluding carboxylic acids is 5. The molecule has 1 spiro atoms. The second kappa shape index (κ2) is 15.6. The summed E-state index contributed by atoms with van der Waals surface area (Å²) in [5.74, 6) is -1.86. The molecule has 3 heterocycles. The highest BCUT2D eigenvalue weighted by atomic mass is 32.2. The van der Waals surface area contributed by atoms with Crippen LogP contribution in [0, 0.1) is 0 Å². The van der Waals surface area contributed by atoms with Crippen molar-refractivity contribution in [3.63, 3.8) is 0 Å². The zero-order chi connectivity index (χ0) is 37.8. The summed E-state index contributed by atoms with van der Waals surface area (Å²) in [6, 6.07) is 16.1. The van der Waals surface area contributed by atoms with Gasteiger partial charge in [0.05, 0.1) is 23.7 Å². The van der Waals surface area contributed by atoms with Gasteiger partial charge < -0.3 is 35.6 Å². The minimum atomic E-state index is -4.37. The van der Waals surface area contributed by atoms with Crippen LogP contribution in [0.25, 0.3) is 0 Å². The van der Waals surface area contributed by atoms with Crippen LogP contribution in [0.2, 0.25) is 0 Å². The molecule has 1 aliphatic carbocycles. The molecule has 53 heavy (non-hydrogen) atoms. The molecule has 5 amide bonds. The van der Waals surface area contributed by atoms with Gasteiger partial charge >= 0.3 is 0 Å². The fraction of sp³-hybridized carbons (Fsp3) is 0.378. The van der Waals surface area contributed by atoms with E-state index in [1.165, 1.54) is 36.9 Å². The number of carbonyl (C=O) groups is 5. The SMILES string of the molecule is CC(=O)N1CCOc2ccc(S(=O)(=O)N[C@H]3Cc4ccc(cc4)OCCNC(=O)C4(CC4)NC(=O)[C@@H](Cc4ccccc4)NC(=O)[C@H](C)NC3=O)cc21. The van der Waals surface area contributed by atoms with Crippen molar-refractivity contribution in [3.8, 4) is 11.5 Å². The lowest BCUT2D eigenvalue weighted by molar-refractivity contribution is -0.134. The van der Waals surface area contributed by atoms with Crippen molar-refractivity contribution in [2.75, 3.05) is 31.2 Å². The Labute approximate surface area is 307 Å². The van der Waals surface area contributed by atoms with Gasteiger partial charge in [0.2, 0.25) is 39.6 Å². The minimum absolute atomic E-state index is 0.107. The highest BCUT2D eigenvalue weighted by molar-refractivity contribution is 7.89. The van der Waals surface area contributed by atoms with E-state index in [4.69, 9.17) is 9.47 Å². The van der Waals surface area contributed by atoms with Crippen LogP contribution in [0.1, 0.15) is 37.8 Å². The number of nitrogens with one attached hydrogen (secondary N) is 5. The summed E-state index contributed by atoms with van der Waals surface area (Å²) in [6.45, 7) is 3.59. The molecular formula is C37H42N6O9S. The van der Waals surface area contributed by atoms with E-state index in [1.54, 1.807) is 48.5 Å². The molecule has 0 radical (unpaired) electrons. The summed E-state index contributed by atoms with van der Waals surface area (Å²) < 4.78 is 41.5. The lowest BCUT2D eigenvalue weighted by atomic mass is 10.0. The molecule has 3 aromatic rings. The monoisotopic (exact) mass is 746 g/mol. The average Bonchev–Trinajstić information content (AvgIpc) is 3.93. The number of anilines is 1. The molecule has 16 heteroatoms. The second-order valence-corrected chi connectivity index (χ2v) is 15.0. The van der Waals surface area contributed by atoms with Crippen molar-refractivity contribution in [2.45, 2.75) is 68.1 Å². The summed E-state index contributed by atoms with van der Waals surface area (Å²) in [5, 5.41) is 11.0. The van der Waals surface area contributed by atoms with Crippen LogP contribution >= 0.6 is 0 Å². The fourth-order valence-corrected chi connectivity index (χ4v) is 7.40. The van der Waals surface area contributed by atoms with Gasteiger partial charge in [0.1, 0.15) is 48.4 Å². The molecule has 2 bridgehead atoms. The molecule has 15 nitrogen and oxygen atoms in total. The average molecular weight is 747 g/mol. The summed E-state index contributed by atoms with van der Waals surface area (Å²) in [7, 11) is -4.37. The molecule has 7 rings (SSSR count). The van der Waals surface area contributed by atoms with E-state index < -0.39 is 51.4 Å². The van der Waals surface area contributed by atoms with Gasteiger partial charge in [-0.15, -0.1) is 0 Å². The molecule has 4 aliphatic rings. The van der Waals surface area contributed by atoms with Crippen molar-refractivity contribution >= 4 is 45.2 Å². The van der Waals surface area contributed by atoms with E-state index >= 15 is 0 Å². The number of rotatable bonds is 5. The van der Waals surface area contributed by atoms with Crippen LogP contribution in [-0.4, -0.2) is 87.9 Å². The molecule has 5 N–H and O–H groups in total. The van der Waals surface area contributed by atoms with Crippen molar-refractivity contribution < 1.29 is 41.9 Å². The molecule has 3 aromatic carbocycles. The molecule has 1 fully saturated rings. The number of sulfonamides is 1. The highest BCUT2D eigenvalue weighted by Crippen LogP contribution is 2.36. The third-order valence-corrected chi connectivity index (χ3v) is 10.8. The summed E-state index contributed by atoms with van der Waals surface area (Å²) in [6.07, 6.45) is 0.855. The number of hydrogen-bond acceptors (Lipinski definition) is 9. The Hall–Kier alpha value is -5.48. The molecule has 0 saturated heterocycles. The first-order valence-corrected chi connectivity index (χ1v) is 18.9. The second-order valence-electron chi connectivity index (χ2n) is 13.3. The smallest absolute Gasteiger partial charge is 0.245 e. The van der Waals surface area contributed by atoms with Crippen molar-refractivity contribution in [2.24, 2.45) is 0 Å². The first-order valence-electron chi connectivity index (χ1n) is 17.4. The van der Waals surface area contributed by atoms with Gasteiger partial charge in [0, 0.05) is 13.3 Å². The van der Waals surface area contributed by atoms with E-state index in [9.17, 15) is 32.4 Å². The maximum atomic E-state index is 13.9. The zero-order valence-corrected chi connectivity index (χ0v) is 30.2.